The number of benzene rings is 1. The maximum atomic E-state index is 12.7. The number of hydrogen-bond donors (Lipinski definition) is 1. The highest BCUT2D eigenvalue weighted by Gasteiger charge is 2.18. The third-order valence-corrected chi connectivity index (χ3v) is 4.55. The zero-order chi connectivity index (χ0) is 19.6. The summed E-state index contributed by atoms with van der Waals surface area (Å²) < 4.78 is 2.28. The van der Waals surface area contributed by atoms with Crippen LogP contribution in [0.5, 0.6) is 0 Å². The first-order valence-electron chi connectivity index (χ1n) is 8.79. The zero-order valence-corrected chi connectivity index (χ0v) is 15.7. The number of aryl methyl sites for hydroxylation is 3. The molecular weight excluding hydrogens is 344 g/mol. The van der Waals surface area contributed by atoms with Gasteiger partial charge in [-0.05, 0) is 31.4 Å². The smallest absolute Gasteiger partial charge is 0.332 e. The molecule has 0 saturated carbocycles. The number of fused-ring (bicyclic) bond motifs is 1. The number of carbonyl (C=O) groups excluding carboxylic acids is 1. The SMILES string of the molecule is Cc1cc(C(=O)NCCCc2ccccc2)c2c(=O)n(C)c(=O)n(C)c2n1. The van der Waals surface area contributed by atoms with Crippen LogP contribution in [0.4, 0.5) is 0 Å². The lowest BCUT2D eigenvalue weighted by molar-refractivity contribution is 0.0954. The molecule has 0 fully saturated rings. The van der Waals surface area contributed by atoms with Gasteiger partial charge in [0.15, 0.2) is 0 Å². The van der Waals surface area contributed by atoms with Crippen LogP contribution in [0.15, 0.2) is 46.0 Å². The second-order valence-electron chi connectivity index (χ2n) is 6.56. The van der Waals surface area contributed by atoms with Crippen LogP contribution >= 0.6 is 0 Å². The van der Waals surface area contributed by atoms with E-state index in [-0.39, 0.29) is 22.5 Å². The Labute approximate surface area is 156 Å². The van der Waals surface area contributed by atoms with Crippen molar-refractivity contribution in [1.82, 2.24) is 19.4 Å². The summed E-state index contributed by atoms with van der Waals surface area (Å²) in [5.41, 5.74) is 1.25. The maximum absolute atomic E-state index is 12.7. The lowest BCUT2D eigenvalue weighted by Gasteiger charge is -2.12. The first-order valence-corrected chi connectivity index (χ1v) is 8.79. The van der Waals surface area contributed by atoms with Crippen LogP contribution in [0, 0.1) is 6.92 Å². The number of aromatic nitrogens is 3. The molecule has 0 spiro atoms. The summed E-state index contributed by atoms with van der Waals surface area (Å²) in [5, 5.41) is 3.03. The van der Waals surface area contributed by atoms with E-state index in [1.165, 1.54) is 24.2 Å². The van der Waals surface area contributed by atoms with Crippen molar-refractivity contribution in [3.63, 3.8) is 0 Å². The maximum Gasteiger partial charge on any atom is 0.332 e. The third-order valence-electron chi connectivity index (χ3n) is 4.55. The monoisotopic (exact) mass is 366 g/mol. The Hall–Kier alpha value is -3.22. The number of hydrogen-bond acceptors (Lipinski definition) is 4. The van der Waals surface area contributed by atoms with Crippen LogP contribution < -0.4 is 16.6 Å². The Morgan fingerprint density at radius 3 is 2.52 bits per heavy atom. The highest BCUT2D eigenvalue weighted by Crippen LogP contribution is 2.13. The topological polar surface area (TPSA) is 86.0 Å². The number of pyridine rings is 1. The molecule has 1 N–H and O–H groups in total. The third kappa shape index (κ3) is 3.67. The molecule has 0 unspecified atom stereocenters. The molecule has 2 aromatic heterocycles. The predicted octanol–water partition coefficient (Wildman–Crippen LogP) is 1.30. The number of nitrogens with zero attached hydrogens (tertiary/aromatic N) is 3. The van der Waals surface area contributed by atoms with E-state index in [0.717, 1.165) is 17.4 Å². The molecule has 7 nitrogen and oxygen atoms in total. The summed E-state index contributed by atoms with van der Waals surface area (Å²) in [4.78, 5) is 41.7. The zero-order valence-electron chi connectivity index (χ0n) is 15.7. The summed E-state index contributed by atoms with van der Waals surface area (Å²) in [6, 6.07) is 11.6. The molecule has 3 aromatic rings. The Balaban J connectivity index is 1.86. The largest absolute Gasteiger partial charge is 0.352 e. The van der Waals surface area contributed by atoms with Crippen molar-refractivity contribution >= 4 is 16.9 Å². The van der Waals surface area contributed by atoms with E-state index in [0.29, 0.717) is 12.2 Å². The van der Waals surface area contributed by atoms with Crippen LogP contribution in [-0.2, 0) is 20.5 Å². The minimum Gasteiger partial charge on any atom is -0.352 e. The highest BCUT2D eigenvalue weighted by atomic mass is 16.2. The van der Waals surface area contributed by atoms with Crippen molar-refractivity contribution in [3.05, 3.63) is 74.1 Å². The molecule has 2 heterocycles. The molecule has 0 aliphatic carbocycles. The van der Waals surface area contributed by atoms with Crippen molar-refractivity contribution in [2.45, 2.75) is 19.8 Å². The number of rotatable bonds is 5. The minimum atomic E-state index is -0.518. The van der Waals surface area contributed by atoms with E-state index < -0.39 is 11.2 Å². The second-order valence-corrected chi connectivity index (χ2v) is 6.56. The molecule has 0 radical (unpaired) electrons. The van der Waals surface area contributed by atoms with Gasteiger partial charge in [-0.2, -0.15) is 0 Å². The second kappa shape index (κ2) is 7.57. The van der Waals surface area contributed by atoms with Gasteiger partial charge in [-0.25, -0.2) is 9.78 Å². The normalized spacial score (nSPS) is 10.9. The summed E-state index contributed by atoms with van der Waals surface area (Å²) in [6.45, 7) is 2.22. The fraction of sp³-hybridized carbons (Fsp3) is 0.300. The number of carbonyl (C=O) groups is 1. The van der Waals surface area contributed by atoms with Crippen LogP contribution in [-0.4, -0.2) is 26.6 Å². The van der Waals surface area contributed by atoms with Gasteiger partial charge in [0, 0.05) is 26.3 Å². The lowest BCUT2D eigenvalue weighted by Crippen LogP contribution is -2.38. The molecular formula is C20H22N4O3. The van der Waals surface area contributed by atoms with Crippen LogP contribution in [0.2, 0.25) is 0 Å². The van der Waals surface area contributed by atoms with Gasteiger partial charge in [-0.15, -0.1) is 0 Å². The van der Waals surface area contributed by atoms with Crippen molar-refractivity contribution in [1.29, 1.82) is 0 Å². The summed E-state index contributed by atoms with van der Waals surface area (Å²) >= 11 is 0. The van der Waals surface area contributed by atoms with Gasteiger partial charge >= 0.3 is 5.69 Å². The van der Waals surface area contributed by atoms with Crippen LogP contribution in [0.1, 0.15) is 28.0 Å². The van der Waals surface area contributed by atoms with Gasteiger partial charge in [-0.3, -0.25) is 18.7 Å². The molecule has 0 atom stereocenters. The van der Waals surface area contributed by atoms with Crippen LogP contribution in [0.25, 0.3) is 11.0 Å². The summed E-state index contributed by atoms with van der Waals surface area (Å²) in [5.74, 6) is -0.339. The molecule has 0 aliphatic heterocycles. The molecule has 1 amide bonds. The van der Waals surface area contributed by atoms with Crippen molar-refractivity contribution in [3.8, 4) is 0 Å². The first-order chi connectivity index (χ1) is 12.9. The van der Waals surface area contributed by atoms with Gasteiger partial charge < -0.3 is 5.32 Å². The molecule has 0 aliphatic rings. The first kappa shape index (κ1) is 18.6. The molecule has 27 heavy (non-hydrogen) atoms. The van der Waals surface area contributed by atoms with E-state index in [1.54, 1.807) is 13.0 Å². The number of amides is 1. The molecule has 1 aromatic carbocycles. The predicted molar refractivity (Wildman–Crippen MR) is 104 cm³/mol. The molecule has 0 saturated heterocycles. The quantitative estimate of drug-likeness (QED) is 0.690. The Morgan fingerprint density at radius 2 is 1.81 bits per heavy atom. The average molecular weight is 366 g/mol. The molecule has 3 rings (SSSR count). The van der Waals surface area contributed by atoms with Crippen molar-refractivity contribution in [2.24, 2.45) is 14.1 Å². The van der Waals surface area contributed by atoms with Gasteiger partial charge in [0.2, 0.25) is 0 Å². The Bertz CT molecular complexity index is 1110. The summed E-state index contributed by atoms with van der Waals surface area (Å²) in [7, 11) is 2.93. The standard InChI is InChI=1S/C20H22N4O3/c1-13-12-15(16-17(22-13)23(2)20(27)24(3)19(16)26)18(25)21-11-7-10-14-8-5-4-6-9-14/h4-6,8-9,12H,7,10-11H2,1-3H3,(H,21,25). The van der Waals surface area contributed by atoms with E-state index in [4.69, 9.17) is 0 Å². The van der Waals surface area contributed by atoms with Gasteiger partial charge in [0.05, 0.1) is 10.9 Å². The van der Waals surface area contributed by atoms with E-state index in [1.807, 2.05) is 30.3 Å². The van der Waals surface area contributed by atoms with Crippen molar-refractivity contribution < 1.29 is 4.79 Å². The van der Waals surface area contributed by atoms with Gasteiger partial charge in [0.1, 0.15) is 5.65 Å². The lowest BCUT2D eigenvalue weighted by atomic mass is 10.1. The van der Waals surface area contributed by atoms with E-state index >= 15 is 0 Å². The molecule has 140 valence electrons. The minimum absolute atomic E-state index is 0.158. The van der Waals surface area contributed by atoms with Crippen molar-refractivity contribution in [2.75, 3.05) is 6.54 Å². The average Bonchev–Trinajstić information content (AvgIpc) is 2.68. The van der Waals surface area contributed by atoms with E-state index in [2.05, 4.69) is 10.3 Å². The Kier molecular flexibility index (Phi) is 5.21. The van der Waals surface area contributed by atoms with Gasteiger partial charge in [0.25, 0.3) is 11.5 Å². The number of nitrogens with one attached hydrogen (secondary N) is 1. The van der Waals surface area contributed by atoms with Crippen LogP contribution in [0.3, 0.4) is 0 Å². The van der Waals surface area contributed by atoms with E-state index in [9.17, 15) is 14.4 Å². The fourth-order valence-corrected chi connectivity index (χ4v) is 3.09. The Morgan fingerprint density at radius 1 is 1.11 bits per heavy atom. The summed E-state index contributed by atoms with van der Waals surface area (Å²) in [6.07, 6.45) is 1.64. The molecule has 0 bridgehead atoms. The fourth-order valence-electron chi connectivity index (χ4n) is 3.09. The van der Waals surface area contributed by atoms with Gasteiger partial charge in [-0.1, -0.05) is 30.3 Å². The molecule has 7 heteroatoms. The highest BCUT2D eigenvalue weighted by molar-refractivity contribution is 6.05.